The second kappa shape index (κ2) is 6.28. The lowest BCUT2D eigenvalue weighted by Crippen LogP contribution is -1.87. The highest BCUT2D eigenvalue weighted by atomic mass is 14.1. The SMILES string of the molecule is C=Cc1cccc(-c2ccc(-c3ccccc3)cc2)c1C=C. The summed E-state index contributed by atoms with van der Waals surface area (Å²) in [6.45, 7) is 7.82. The predicted octanol–water partition coefficient (Wildman–Crippen LogP) is 6.31. The summed E-state index contributed by atoms with van der Waals surface area (Å²) in [5, 5.41) is 0. The first-order chi connectivity index (χ1) is 10.8. The highest BCUT2D eigenvalue weighted by Gasteiger charge is 2.06. The minimum Gasteiger partial charge on any atom is -0.0984 e. The Labute approximate surface area is 132 Å². The van der Waals surface area contributed by atoms with Gasteiger partial charge in [-0.2, -0.15) is 0 Å². The average Bonchev–Trinajstić information content (AvgIpc) is 2.62. The van der Waals surface area contributed by atoms with Crippen LogP contribution in [0.1, 0.15) is 11.1 Å². The molecule has 0 atom stereocenters. The minimum atomic E-state index is 1.11. The van der Waals surface area contributed by atoms with Crippen LogP contribution in [0, 0.1) is 0 Å². The molecule has 0 saturated heterocycles. The number of hydrogen-bond donors (Lipinski definition) is 0. The minimum absolute atomic E-state index is 1.11. The molecule has 0 fully saturated rings. The molecule has 0 aliphatic heterocycles. The fourth-order valence-corrected chi connectivity index (χ4v) is 2.71. The first kappa shape index (κ1) is 14.1. The predicted molar refractivity (Wildman–Crippen MR) is 97.5 cm³/mol. The second-order valence-electron chi connectivity index (χ2n) is 5.16. The molecule has 3 aromatic carbocycles. The number of hydrogen-bond acceptors (Lipinski definition) is 0. The van der Waals surface area contributed by atoms with Gasteiger partial charge in [-0.1, -0.05) is 98.1 Å². The molecule has 3 rings (SSSR count). The summed E-state index contributed by atoms with van der Waals surface area (Å²) in [6.07, 6.45) is 3.77. The summed E-state index contributed by atoms with van der Waals surface area (Å²) in [4.78, 5) is 0. The fraction of sp³-hybridized carbons (Fsp3) is 0. The number of rotatable bonds is 4. The third-order valence-corrected chi connectivity index (χ3v) is 3.87. The lowest BCUT2D eigenvalue weighted by Gasteiger charge is -2.10. The topological polar surface area (TPSA) is 0 Å². The molecule has 0 heteroatoms. The summed E-state index contributed by atoms with van der Waals surface area (Å²) in [5.41, 5.74) is 7.08. The van der Waals surface area contributed by atoms with Crippen LogP contribution in [0.4, 0.5) is 0 Å². The van der Waals surface area contributed by atoms with Gasteiger partial charge in [-0.15, -0.1) is 0 Å². The molecule has 0 amide bonds. The van der Waals surface area contributed by atoms with Crippen molar-refractivity contribution >= 4 is 12.2 Å². The van der Waals surface area contributed by atoms with Gasteiger partial charge in [0.05, 0.1) is 0 Å². The van der Waals surface area contributed by atoms with E-state index in [-0.39, 0.29) is 0 Å². The van der Waals surface area contributed by atoms with E-state index in [1.807, 2.05) is 18.2 Å². The van der Waals surface area contributed by atoms with Crippen LogP contribution in [0.3, 0.4) is 0 Å². The zero-order chi connectivity index (χ0) is 15.4. The van der Waals surface area contributed by atoms with Crippen LogP contribution in [0.5, 0.6) is 0 Å². The van der Waals surface area contributed by atoms with Gasteiger partial charge >= 0.3 is 0 Å². The molecule has 3 aromatic rings. The molecule has 22 heavy (non-hydrogen) atoms. The van der Waals surface area contributed by atoms with E-state index in [0.717, 1.165) is 11.1 Å². The van der Waals surface area contributed by atoms with Crippen molar-refractivity contribution in [3.05, 3.63) is 97.1 Å². The first-order valence-electron chi connectivity index (χ1n) is 7.37. The van der Waals surface area contributed by atoms with Gasteiger partial charge in [0.15, 0.2) is 0 Å². The van der Waals surface area contributed by atoms with Crippen LogP contribution in [0.2, 0.25) is 0 Å². The molecule has 0 spiro atoms. The first-order valence-corrected chi connectivity index (χ1v) is 7.37. The molecule has 0 N–H and O–H groups in total. The van der Waals surface area contributed by atoms with Gasteiger partial charge in [0.1, 0.15) is 0 Å². The van der Waals surface area contributed by atoms with Gasteiger partial charge in [0.25, 0.3) is 0 Å². The normalized spacial score (nSPS) is 10.2. The summed E-state index contributed by atoms with van der Waals surface area (Å²) in [7, 11) is 0. The molecular weight excluding hydrogens is 264 g/mol. The summed E-state index contributed by atoms with van der Waals surface area (Å²) in [6, 6.07) is 25.3. The Hall–Kier alpha value is -2.86. The smallest absolute Gasteiger partial charge is 0.0106 e. The van der Waals surface area contributed by atoms with E-state index in [4.69, 9.17) is 0 Å². The maximum Gasteiger partial charge on any atom is -0.0106 e. The van der Waals surface area contributed by atoms with Crippen LogP contribution in [-0.2, 0) is 0 Å². The zero-order valence-corrected chi connectivity index (χ0v) is 12.5. The average molecular weight is 282 g/mol. The Morgan fingerprint density at radius 3 is 1.82 bits per heavy atom. The molecular formula is C22H18. The van der Waals surface area contributed by atoms with E-state index in [1.165, 1.54) is 22.3 Å². The standard InChI is InChI=1S/C22H18/c1-3-17-11-8-12-22(21(17)4-2)20-15-13-19(14-16-20)18-9-6-5-7-10-18/h3-16H,1-2H2. The molecule has 106 valence electrons. The zero-order valence-electron chi connectivity index (χ0n) is 12.5. The van der Waals surface area contributed by atoms with Crippen LogP contribution in [0.25, 0.3) is 34.4 Å². The van der Waals surface area contributed by atoms with Crippen molar-refractivity contribution in [3.8, 4) is 22.3 Å². The third kappa shape index (κ3) is 2.64. The van der Waals surface area contributed by atoms with E-state index >= 15 is 0 Å². The third-order valence-electron chi connectivity index (χ3n) is 3.87. The number of benzene rings is 3. The summed E-state index contributed by atoms with van der Waals surface area (Å²) >= 11 is 0. The van der Waals surface area contributed by atoms with Gasteiger partial charge in [-0.05, 0) is 33.4 Å². The maximum atomic E-state index is 3.94. The van der Waals surface area contributed by atoms with E-state index in [9.17, 15) is 0 Å². The van der Waals surface area contributed by atoms with Crippen molar-refractivity contribution in [1.82, 2.24) is 0 Å². The van der Waals surface area contributed by atoms with Gasteiger partial charge in [-0.25, -0.2) is 0 Å². The molecule has 0 aliphatic rings. The quantitative estimate of drug-likeness (QED) is 0.526. The van der Waals surface area contributed by atoms with Crippen molar-refractivity contribution < 1.29 is 0 Å². The van der Waals surface area contributed by atoms with Crippen LogP contribution in [0.15, 0.2) is 86.0 Å². The molecule has 0 radical (unpaired) electrons. The fourth-order valence-electron chi connectivity index (χ4n) is 2.71. The summed E-state index contributed by atoms with van der Waals surface area (Å²) in [5.74, 6) is 0. The lowest BCUT2D eigenvalue weighted by molar-refractivity contribution is 1.56. The van der Waals surface area contributed by atoms with Gasteiger partial charge in [-0.3, -0.25) is 0 Å². The van der Waals surface area contributed by atoms with E-state index in [2.05, 4.69) is 79.9 Å². The van der Waals surface area contributed by atoms with Crippen molar-refractivity contribution in [3.63, 3.8) is 0 Å². The second-order valence-corrected chi connectivity index (χ2v) is 5.16. The van der Waals surface area contributed by atoms with E-state index < -0.39 is 0 Å². The Bertz CT molecular complexity index is 793. The van der Waals surface area contributed by atoms with Crippen molar-refractivity contribution in [2.45, 2.75) is 0 Å². The highest BCUT2D eigenvalue weighted by molar-refractivity contribution is 5.81. The molecule has 0 aliphatic carbocycles. The molecule has 0 unspecified atom stereocenters. The van der Waals surface area contributed by atoms with Crippen molar-refractivity contribution in [2.75, 3.05) is 0 Å². The van der Waals surface area contributed by atoms with Crippen LogP contribution < -0.4 is 0 Å². The van der Waals surface area contributed by atoms with Crippen LogP contribution in [-0.4, -0.2) is 0 Å². The van der Waals surface area contributed by atoms with Crippen molar-refractivity contribution in [2.24, 2.45) is 0 Å². The molecule has 0 bridgehead atoms. The Morgan fingerprint density at radius 2 is 1.18 bits per heavy atom. The maximum absolute atomic E-state index is 3.94. The monoisotopic (exact) mass is 282 g/mol. The molecule has 0 nitrogen and oxygen atoms in total. The van der Waals surface area contributed by atoms with Gasteiger partial charge in [0.2, 0.25) is 0 Å². The Morgan fingerprint density at radius 1 is 0.545 bits per heavy atom. The Balaban J connectivity index is 2.04. The van der Waals surface area contributed by atoms with E-state index in [0.29, 0.717) is 0 Å². The van der Waals surface area contributed by atoms with Crippen molar-refractivity contribution in [1.29, 1.82) is 0 Å². The summed E-state index contributed by atoms with van der Waals surface area (Å²) < 4.78 is 0. The molecule has 0 saturated carbocycles. The van der Waals surface area contributed by atoms with Crippen LogP contribution >= 0.6 is 0 Å². The molecule has 0 aromatic heterocycles. The lowest BCUT2D eigenvalue weighted by atomic mass is 9.94. The highest BCUT2D eigenvalue weighted by Crippen LogP contribution is 2.30. The largest absolute Gasteiger partial charge is 0.0984 e. The Kier molecular flexibility index (Phi) is 4.02. The van der Waals surface area contributed by atoms with E-state index in [1.54, 1.807) is 0 Å². The van der Waals surface area contributed by atoms with Gasteiger partial charge in [0, 0.05) is 0 Å². The molecule has 0 heterocycles. The van der Waals surface area contributed by atoms with Gasteiger partial charge < -0.3 is 0 Å².